The van der Waals surface area contributed by atoms with Crippen LogP contribution < -0.4 is 0 Å². The Bertz CT molecular complexity index is 295. The van der Waals surface area contributed by atoms with E-state index >= 15 is 0 Å². The highest BCUT2D eigenvalue weighted by Gasteiger charge is 2.50. The van der Waals surface area contributed by atoms with Crippen molar-refractivity contribution in [1.82, 2.24) is 9.80 Å². The Morgan fingerprint density at radius 1 is 0.842 bits per heavy atom. The molecule has 1 aliphatic heterocycles. The molecule has 2 heteroatoms. The van der Waals surface area contributed by atoms with Crippen LogP contribution >= 0.6 is 0 Å². The van der Waals surface area contributed by atoms with E-state index in [1.165, 1.54) is 39.1 Å². The van der Waals surface area contributed by atoms with Crippen LogP contribution in [-0.2, 0) is 0 Å². The minimum Gasteiger partial charge on any atom is -0.304 e. The smallest absolute Gasteiger partial charge is 0.0110 e. The van der Waals surface area contributed by atoms with Gasteiger partial charge in [0.1, 0.15) is 0 Å². The van der Waals surface area contributed by atoms with Crippen LogP contribution in [0, 0.1) is 23.2 Å². The van der Waals surface area contributed by atoms with Crippen LogP contribution in [0.15, 0.2) is 0 Å². The molecule has 4 bridgehead atoms. The van der Waals surface area contributed by atoms with Crippen LogP contribution in [0.4, 0.5) is 0 Å². The number of hydrogen-bond acceptors (Lipinski definition) is 2. The molecule has 2 nitrogen and oxygen atoms in total. The molecule has 5 aliphatic rings. The lowest BCUT2D eigenvalue weighted by Gasteiger charge is -2.57. The molecule has 0 radical (unpaired) electrons. The largest absolute Gasteiger partial charge is 0.304 e. The zero-order chi connectivity index (χ0) is 12.9. The third kappa shape index (κ3) is 2.47. The summed E-state index contributed by atoms with van der Waals surface area (Å²) in [6.45, 7) is 6.56. The van der Waals surface area contributed by atoms with Gasteiger partial charge in [0, 0.05) is 26.2 Å². The van der Waals surface area contributed by atoms with Crippen molar-refractivity contribution in [2.24, 2.45) is 23.2 Å². The van der Waals surface area contributed by atoms with Crippen LogP contribution in [0.3, 0.4) is 0 Å². The van der Waals surface area contributed by atoms with E-state index in [0.717, 1.165) is 23.2 Å². The Morgan fingerprint density at radius 2 is 1.37 bits per heavy atom. The average molecular weight is 262 g/mol. The Hall–Kier alpha value is -0.0800. The maximum atomic E-state index is 2.73. The molecular formula is C17H30N2. The van der Waals surface area contributed by atoms with E-state index < -0.39 is 0 Å². The zero-order valence-corrected chi connectivity index (χ0v) is 12.6. The van der Waals surface area contributed by atoms with Crippen molar-refractivity contribution in [3.8, 4) is 0 Å². The highest BCUT2D eigenvalue weighted by Crippen LogP contribution is 2.61. The maximum absolute atomic E-state index is 2.73. The first-order valence-electron chi connectivity index (χ1n) is 8.62. The molecule has 1 saturated heterocycles. The number of piperazine rings is 1. The Labute approximate surface area is 118 Å². The molecule has 0 spiro atoms. The lowest BCUT2D eigenvalue weighted by atomic mass is 9.49. The predicted molar refractivity (Wildman–Crippen MR) is 79.2 cm³/mol. The summed E-state index contributed by atoms with van der Waals surface area (Å²) in [5.74, 6) is 3.37. The third-order valence-electron chi connectivity index (χ3n) is 6.72. The SMILES string of the molecule is CN1CCN(CCC23CC4CC(CC(C4)C2)C3)CC1. The molecule has 0 N–H and O–H groups in total. The predicted octanol–water partition coefficient (Wildman–Crippen LogP) is 2.84. The first kappa shape index (κ1) is 12.6. The Kier molecular flexibility index (Phi) is 3.15. The highest BCUT2D eigenvalue weighted by atomic mass is 15.2. The molecule has 19 heavy (non-hydrogen) atoms. The van der Waals surface area contributed by atoms with Gasteiger partial charge in [0.05, 0.1) is 0 Å². The van der Waals surface area contributed by atoms with Crippen molar-refractivity contribution < 1.29 is 0 Å². The summed E-state index contributed by atoms with van der Waals surface area (Å²) in [5.41, 5.74) is 0.790. The average Bonchev–Trinajstić information content (AvgIpc) is 2.36. The summed E-state index contributed by atoms with van der Waals surface area (Å²) in [4.78, 5) is 5.21. The fraction of sp³-hybridized carbons (Fsp3) is 1.00. The molecule has 4 saturated carbocycles. The maximum Gasteiger partial charge on any atom is 0.0110 e. The summed E-state index contributed by atoms with van der Waals surface area (Å²) in [6, 6.07) is 0. The Balaban J connectivity index is 1.35. The molecule has 0 atom stereocenters. The van der Waals surface area contributed by atoms with Gasteiger partial charge in [-0.2, -0.15) is 0 Å². The van der Waals surface area contributed by atoms with Crippen LogP contribution in [0.25, 0.3) is 0 Å². The Morgan fingerprint density at radius 3 is 1.89 bits per heavy atom. The number of hydrogen-bond donors (Lipinski definition) is 0. The quantitative estimate of drug-likeness (QED) is 0.772. The fourth-order valence-electron chi connectivity index (χ4n) is 6.06. The molecule has 0 aromatic heterocycles. The molecular weight excluding hydrogens is 232 g/mol. The van der Waals surface area contributed by atoms with E-state index in [2.05, 4.69) is 16.8 Å². The molecule has 0 unspecified atom stereocenters. The van der Waals surface area contributed by atoms with Gasteiger partial charge in [0.15, 0.2) is 0 Å². The lowest BCUT2D eigenvalue weighted by molar-refractivity contribution is -0.0620. The van der Waals surface area contributed by atoms with Gasteiger partial charge in [-0.15, -0.1) is 0 Å². The van der Waals surface area contributed by atoms with Gasteiger partial charge in [0.2, 0.25) is 0 Å². The molecule has 108 valence electrons. The van der Waals surface area contributed by atoms with Crippen molar-refractivity contribution in [2.75, 3.05) is 39.8 Å². The van der Waals surface area contributed by atoms with E-state index in [-0.39, 0.29) is 0 Å². The summed E-state index contributed by atoms with van der Waals surface area (Å²) in [7, 11) is 2.26. The summed E-state index contributed by atoms with van der Waals surface area (Å²) in [6.07, 6.45) is 11.1. The monoisotopic (exact) mass is 262 g/mol. The molecule has 4 aliphatic carbocycles. The van der Waals surface area contributed by atoms with Crippen molar-refractivity contribution in [3.63, 3.8) is 0 Å². The van der Waals surface area contributed by atoms with E-state index in [1.54, 1.807) is 38.5 Å². The number of likely N-dealkylation sites (N-methyl/N-ethyl adjacent to an activating group) is 1. The standard InChI is InChI=1S/C17H30N2/c1-18-4-6-19(7-5-18)3-2-17-11-14-8-15(12-17)10-16(9-14)13-17/h14-16H,2-13H2,1H3. The normalized spacial score (nSPS) is 46.9. The van der Waals surface area contributed by atoms with Crippen LogP contribution in [-0.4, -0.2) is 49.6 Å². The molecule has 5 fully saturated rings. The molecule has 0 aromatic rings. The topological polar surface area (TPSA) is 6.48 Å². The van der Waals surface area contributed by atoms with Gasteiger partial charge in [-0.25, -0.2) is 0 Å². The summed E-state index contributed by atoms with van der Waals surface area (Å²) >= 11 is 0. The van der Waals surface area contributed by atoms with Crippen molar-refractivity contribution >= 4 is 0 Å². The van der Waals surface area contributed by atoms with Crippen LogP contribution in [0.5, 0.6) is 0 Å². The number of nitrogens with zero attached hydrogens (tertiary/aromatic N) is 2. The van der Waals surface area contributed by atoms with Gasteiger partial charge in [0.25, 0.3) is 0 Å². The van der Waals surface area contributed by atoms with Crippen molar-refractivity contribution in [2.45, 2.75) is 44.9 Å². The second-order valence-electron chi connectivity index (χ2n) is 8.31. The van der Waals surface area contributed by atoms with Crippen molar-refractivity contribution in [3.05, 3.63) is 0 Å². The molecule has 1 heterocycles. The van der Waals surface area contributed by atoms with E-state index in [1.807, 2.05) is 0 Å². The second-order valence-corrected chi connectivity index (χ2v) is 8.31. The molecule has 0 amide bonds. The van der Waals surface area contributed by atoms with E-state index in [0.29, 0.717) is 0 Å². The van der Waals surface area contributed by atoms with Crippen molar-refractivity contribution in [1.29, 1.82) is 0 Å². The van der Waals surface area contributed by atoms with E-state index in [4.69, 9.17) is 0 Å². The minimum absolute atomic E-state index is 0.790. The van der Waals surface area contributed by atoms with Gasteiger partial charge < -0.3 is 9.80 Å². The first-order chi connectivity index (χ1) is 9.21. The van der Waals surface area contributed by atoms with Crippen LogP contribution in [0.2, 0.25) is 0 Å². The minimum atomic E-state index is 0.790. The summed E-state index contributed by atoms with van der Waals surface area (Å²) in [5, 5.41) is 0. The summed E-state index contributed by atoms with van der Waals surface area (Å²) < 4.78 is 0. The molecule has 5 rings (SSSR count). The van der Waals surface area contributed by atoms with Crippen LogP contribution in [0.1, 0.15) is 44.9 Å². The lowest BCUT2D eigenvalue weighted by Crippen LogP contribution is -2.49. The first-order valence-corrected chi connectivity index (χ1v) is 8.62. The number of rotatable bonds is 3. The van der Waals surface area contributed by atoms with Gasteiger partial charge >= 0.3 is 0 Å². The van der Waals surface area contributed by atoms with Gasteiger partial charge in [-0.05, 0) is 81.7 Å². The third-order valence-corrected chi connectivity index (χ3v) is 6.72. The highest BCUT2D eigenvalue weighted by molar-refractivity contribution is 5.01. The fourth-order valence-corrected chi connectivity index (χ4v) is 6.06. The van der Waals surface area contributed by atoms with Gasteiger partial charge in [-0.1, -0.05) is 0 Å². The molecule has 0 aromatic carbocycles. The second kappa shape index (κ2) is 4.73. The van der Waals surface area contributed by atoms with E-state index in [9.17, 15) is 0 Å². The zero-order valence-electron chi connectivity index (χ0n) is 12.6. The van der Waals surface area contributed by atoms with Gasteiger partial charge in [-0.3, -0.25) is 0 Å².